The Morgan fingerprint density at radius 1 is 1.30 bits per heavy atom. The van der Waals surface area contributed by atoms with Crippen molar-refractivity contribution in [2.45, 2.75) is 52.5 Å². The van der Waals surface area contributed by atoms with Gasteiger partial charge in [0.1, 0.15) is 5.78 Å². The maximum absolute atomic E-state index is 12.3. The molecular formula is C17H32N2O. The summed E-state index contributed by atoms with van der Waals surface area (Å²) in [6.45, 7) is 11.4. The lowest BCUT2D eigenvalue weighted by atomic mass is 9.75. The minimum atomic E-state index is 0.294. The number of likely N-dealkylation sites (N-methyl/N-ethyl adjacent to an activating group) is 1. The number of nitrogens with zero attached hydrogens (tertiary/aromatic N) is 2. The molecule has 2 aliphatic rings. The Morgan fingerprint density at radius 2 is 2.05 bits per heavy atom. The third-order valence-corrected chi connectivity index (χ3v) is 5.39. The Kier molecular flexibility index (Phi) is 5.62. The molecule has 0 N–H and O–H groups in total. The molecule has 0 aromatic carbocycles. The molecule has 3 unspecified atom stereocenters. The molecular weight excluding hydrogens is 248 g/mol. The van der Waals surface area contributed by atoms with Crippen molar-refractivity contribution in [2.24, 2.45) is 17.8 Å². The van der Waals surface area contributed by atoms with Crippen LogP contribution in [0.15, 0.2) is 0 Å². The van der Waals surface area contributed by atoms with Gasteiger partial charge in [0.15, 0.2) is 0 Å². The van der Waals surface area contributed by atoms with Crippen LogP contribution in [0, 0.1) is 17.8 Å². The molecule has 2 fully saturated rings. The molecule has 0 aromatic heterocycles. The van der Waals surface area contributed by atoms with Crippen LogP contribution in [0.5, 0.6) is 0 Å². The first-order valence-electron chi connectivity index (χ1n) is 8.42. The molecule has 1 aliphatic heterocycles. The van der Waals surface area contributed by atoms with E-state index in [0.717, 1.165) is 50.7 Å². The topological polar surface area (TPSA) is 23.6 Å². The number of carbonyl (C=O) groups is 1. The van der Waals surface area contributed by atoms with E-state index < -0.39 is 0 Å². The molecule has 0 spiro atoms. The zero-order valence-electron chi connectivity index (χ0n) is 13.8. The van der Waals surface area contributed by atoms with E-state index in [0.29, 0.717) is 17.7 Å². The lowest BCUT2D eigenvalue weighted by molar-refractivity contribution is -0.126. The highest BCUT2D eigenvalue weighted by Crippen LogP contribution is 2.32. The van der Waals surface area contributed by atoms with E-state index >= 15 is 0 Å². The molecule has 3 nitrogen and oxygen atoms in total. The van der Waals surface area contributed by atoms with Crippen LogP contribution < -0.4 is 0 Å². The molecule has 0 aromatic rings. The molecule has 3 atom stereocenters. The number of hydrogen-bond donors (Lipinski definition) is 0. The van der Waals surface area contributed by atoms with E-state index in [-0.39, 0.29) is 0 Å². The molecule has 1 heterocycles. The first kappa shape index (κ1) is 16.0. The zero-order valence-corrected chi connectivity index (χ0v) is 13.8. The van der Waals surface area contributed by atoms with Gasteiger partial charge in [-0.2, -0.15) is 0 Å². The van der Waals surface area contributed by atoms with Gasteiger partial charge in [-0.05, 0) is 58.2 Å². The first-order valence-corrected chi connectivity index (χ1v) is 8.42. The zero-order chi connectivity index (χ0) is 14.7. The average Bonchev–Trinajstić information content (AvgIpc) is 2.53. The molecule has 20 heavy (non-hydrogen) atoms. The van der Waals surface area contributed by atoms with Crippen molar-refractivity contribution in [3.63, 3.8) is 0 Å². The summed E-state index contributed by atoms with van der Waals surface area (Å²) < 4.78 is 0. The highest BCUT2D eigenvalue weighted by molar-refractivity contribution is 5.82. The van der Waals surface area contributed by atoms with Gasteiger partial charge >= 0.3 is 0 Å². The molecule has 1 saturated carbocycles. The third-order valence-electron chi connectivity index (χ3n) is 5.39. The Morgan fingerprint density at radius 3 is 2.75 bits per heavy atom. The summed E-state index contributed by atoms with van der Waals surface area (Å²) in [6.07, 6.45) is 4.28. The Hall–Kier alpha value is -0.410. The summed E-state index contributed by atoms with van der Waals surface area (Å²) in [6, 6.07) is 0.578. The second kappa shape index (κ2) is 7.04. The fourth-order valence-electron chi connectivity index (χ4n) is 3.90. The lowest BCUT2D eigenvalue weighted by Crippen LogP contribution is -2.43. The summed E-state index contributed by atoms with van der Waals surface area (Å²) in [5, 5.41) is 0. The highest BCUT2D eigenvalue weighted by atomic mass is 16.1. The summed E-state index contributed by atoms with van der Waals surface area (Å²) in [7, 11) is 2.21. The van der Waals surface area contributed by atoms with Crippen LogP contribution in [-0.4, -0.2) is 54.9 Å². The van der Waals surface area contributed by atoms with Gasteiger partial charge in [-0.1, -0.05) is 13.8 Å². The van der Waals surface area contributed by atoms with Crippen LogP contribution in [0.4, 0.5) is 0 Å². The summed E-state index contributed by atoms with van der Waals surface area (Å²) in [5.74, 6) is 2.29. The summed E-state index contributed by atoms with van der Waals surface area (Å²) in [4.78, 5) is 17.2. The first-order chi connectivity index (χ1) is 9.47. The number of hydrogen-bond acceptors (Lipinski definition) is 3. The average molecular weight is 280 g/mol. The molecule has 0 bridgehead atoms. The van der Waals surface area contributed by atoms with E-state index in [4.69, 9.17) is 0 Å². The van der Waals surface area contributed by atoms with Crippen LogP contribution in [0.3, 0.4) is 0 Å². The molecule has 2 rings (SSSR count). The molecule has 3 heteroatoms. The molecule has 1 saturated heterocycles. The molecule has 0 radical (unpaired) electrons. The monoisotopic (exact) mass is 280 g/mol. The van der Waals surface area contributed by atoms with Gasteiger partial charge in [0.05, 0.1) is 0 Å². The van der Waals surface area contributed by atoms with Crippen molar-refractivity contribution in [2.75, 3.05) is 33.2 Å². The SMILES string of the molecule is CC(C)C1CCC(=O)C(CN2CCCN(C)CC2C)C1. The molecule has 116 valence electrons. The van der Waals surface area contributed by atoms with Crippen LogP contribution in [0.1, 0.15) is 46.5 Å². The number of Topliss-reactive ketones (excluding diaryl/α,β-unsaturated/α-hetero) is 1. The predicted molar refractivity (Wildman–Crippen MR) is 83.8 cm³/mol. The predicted octanol–water partition coefficient (Wildman–Crippen LogP) is 2.65. The van der Waals surface area contributed by atoms with Crippen molar-refractivity contribution in [1.29, 1.82) is 0 Å². The van der Waals surface area contributed by atoms with Crippen molar-refractivity contribution in [3.8, 4) is 0 Å². The van der Waals surface area contributed by atoms with Crippen molar-refractivity contribution >= 4 is 5.78 Å². The molecule has 0 amide bonds. The Bertz CT molecular complexity index is 329. The van der Waals surface area contributed by atoms with Gasteiger partial charge in [0.25, 0.3) is 0 Å². The van der Waals surface area contributed by atoms with Crippen LogP contribution in [0.2, 0.25) is 0 Å². The number of rotatable bonds is 3. The van der Waals surface area contributed by atoms with Crippen LogP contribution in [-0.2, 0) is 4.79 Å². The maximum Gasteiger partial charge on any atom is 0.137 e. The number of carbonyl (C=O) groups excluding carboxylic acids is 1. The van der Waals surface area contributed by atoms with E-state index in [1.165, 1.54) is 13.0 Å². The van der Waals surface area contributed by atoms with Gasteiger partial charge in [-0.25, -0.2) is 0 Å². The fraction of sp³-hybridized carbons (Fsp3) is 0.941. The van der Waals surface area contributed by atoms with Gasteiger partial charge in [-0.15, -0.1) is 0 Å². The van der Waals surface area contributed by atoms with E-state index in [2.05, 4.69) is 37.6 Å². The maximum atomic E-state index is 12.3. The number of ketones is 1. The minimum Gasteiger partial charge on any atom is -0.305 e. The Labute approximate surface area is 124 Å². The van der Waals surface area contributed by atoms with Crippen LogP contribution >= 0.6 is 0 Å². The second-order valence-corrected chi connectivity index (χ2v) is 7.40. The highest BCUT2D eigenvalue weighted by Gasteiger charge is 2.32. The lowest BCUT2D eigenvalue weighted by Gasteiger charge is -2.36. The molecule has 1 aliphatic carbocycles. The third kappa shape index (κ3) is 4.05. The smallest absolute Gasteiger partial charge is 0.137 e. The van der Waals surface area contributed by atoms with Crippen LogP contribution in [0.25, 0.3) is 0 Å². The van der Waals surface area contributed by atoms with Gasteiger partial charge in [-0.3, -0.25) is 9.69 Å². The van der Waals surface area contributed by atoms with Crippen molar-refractivity contribution < 1.29 is 4.79 Å². The van der Waals surface area contributed by atoms with Gasteiger partial charge in [0.2, 0.25) is 0 Å². The standard InChI is InChI=1S/C17H32N2O/c1-13(2)15-6-7-17(20)16(10-15)12-19-9-5-8-18(4)11-14(19)3/h13-16H,5-12H2,1-4H3. The summed E-state index contributed by atoms with van der Waals surface area (Å²) in [5.41, 5.74) is 0. The summed E-state index contributed by atoms with van der Waals surface area (Å²) >= 11 is 0. The van der Waals surface area contributed by atoms with E-state index in [9.17, 15) is 4.79 Å². The normalized spacial score (nSPS) is 34.5. The quantitative estimate of drug-likeness (QED) is 0.794. The largest absolute Gasteiger partial charge is 0.305 e. The van der Waals surface area contributed by atoms with Gasteiger partial charge < -0.3 is 4.90 Å². The fourth-order valence-corrected chi connectivity index (χ4v) is 3.90. The van der Waals surface area contributed by atoms with E-state index in [1.54, 1.807) is 0 Å². The van der Waals surface area contributed by atoms with Crippen molar-refractivity contribution in [3.05, 3.63) is 0 Å². The Balaban J connectivity index is 1.94. The van der Waals surface area contributed by atoms with Gasteiger partial charge in [0, 0.05) is 31.5 Å². The second-order valence-electron chi connectivity index (χ2n) is 7.40. The minimum absolute atomic E-state index is 0.294. The van der Waals surface area contributed by atoms with E-state index in [1.807, 2.05) is 0 Å². The van der Waals surface area contributed by atoms with Crippen molar-refractivity contribution in [1.82, 2.24) is 9.80 Å².